The van der Waals surface area contributed by atoms with Crippen molar-refractivity contribution in [3.8, 4) is 0 Å². The Morgan fingerprint density at radius 1 is 1.50 bits per heavy atom. The van der Waals surface area contributed by atoms with Gasteiger partial charge in [0.15, 0.2) is 0 Å². The van der Waals surface area contributed by atoms with Gasteiger partial charge in [0.1, 0.15) is 0 Å². The third-order valence-corrected chi connectivity index (χ3v) is 4.00. The molecule has 1 aromatic heterocycles. The molecule has 1 fully saturated rings. The second-order valence-corrected chi connectivity index (χ2v) is 5.11. The fraction of sp³-hybridized carbons (Fsp3) is 0.900. The zero-order valence-electron chi connectivity index (χ0n) is 9.78. The summed E-state index contributed by atoms with van der Waals surface area (Å²) in [6.07, 6.45) is 4.60. The Labute approximate surface area is 101 Å². The van der Waals surface area contributed by atoms with E-state index in [1.807, 2.05) is 7.05 Å². The monoisotopic (exact) mass is 243 g/mol. The number of rotatable bonds is 3. The lowest BCUT2D eigenvalue weighted by atomic mass is 9.78. The average molecular weight is 244 g/mol. The highest BCUT2D eigenvalue weighted by atomic mass is 35.5. The quantitative estimate of drug-likeness (QED) is 0.823. The number of aromatic nitrogens is 4. The van der Waals surface area contributed by atoms with E-state index in [-0.39, 0.29) is 5.54 Å². The molecule has 1 N–H and O–H groups in total. The van der Waals surface area contributed by atoms with Gasteiger partial charge < -0.3 is 5.32 Å². The number of aryl methyl sites for hydroxylation is 1. The van der Waals surface area contributed by atoms with Crippen LogP contribution < -0.4 is 5.32 Å². The molecular weight excluding hydrogens is 226 g/mol. The van der Waals surface area contributed by atoms with Crippen LogP contribution in [0.1, 0.15) is 32.6 Å². The van der Waals surface area contributed by atoms with E-state index in [9.17, 15) is 0 Å². The highest BCUT2D eigenvalue weighted by molar-refractivity contribution is 6.18. The van der Waals surface area contributed by atoms with Gasteiger partial charge in [-0.1, -0.05) is 12.0 Å². The Kier molecular flexibility index (Phi) is 3.33. The maximum atomic E-state index is 6.11. The van der Waals surface area contributed by atoms with E-state index in [4.69, 9.17) is 11.6 Å². The van der Waals surface area contributed by atoms with Crippen LogP contribution in [0.15, 0.2) is 0 Å². The predicted octanol–water partition coefficient (Wildman–Crippen LogP) is 1.81. The van der Waals surface area contributed by atoms with E-state index in [1.54, 1.807) is 4.68 Å². The summed E-state index contributed by atoms with van der Waals surface area (Å²) in [6.45, 7) is 2.29. The van der Waals surface area contributed by atoms with Crippen molar-refractivity contribution in [3.05, 3.63) is 0 Å². The van der Waals surface area contributed by atoms with Crippen LogP contribution in [0.5, 0.6) is 0 Å². The molecule has 0 aromatic carbocycles. The van der Waals surface area contributed by atoms with Crippen molar-refractivity contribution in [2.45, 2.75) is 38.1 Å². The maximum Gasteiger partial charge on any atom is 0.243 e. The lowest BCUT2D eigenvalue weighted by Gasteiger charge is -2.38. The van der Waals surface area contributed by atoms with Crippen LogP contribution in [0.25, 0.3) is 0 Å². The van der Waals surface area contributed by atoms with Gasteiger partial charge in [-0.25, -0.2) is 4.68 Å². The van der Waals surface area contributed by atoms with Crippen LogP contribution in [0, 0.1) is 5.92 Å². The molecule has 1 saturated carbocycles. The number of tetrazole rings is 1. The van der Waals surface area contributed by atoms with Crippen molar-refractivity contribution in [1.29, 1.82) is 0 Å². The summed E-state index contributed by atoms with van der Waals surface area (Å²) in [4.78, 5) is 0. The topological polar surface area (TPSA) is 55.6 Å². The first-order valence-corrected chi connectivity index (χ1v) is 6.25. The third kappa shape index (κ3) is 2.29. The van der Waals surface area contributed by atoms with E-state index >= 15 is 0 Å². The second kappa shape index (κ2) is 4.57. The molecule has 90 valence electrons. The van der Waals surface area contributed by atoms with Crippen LogP contribution in [0.3, 0.4) is 0 Å². The molecule has 5 nitrogen and oxygen atoms in total. The lowest BCUT2D eigenvalue weighted by molar-refractivity contribution is 0.285. The fourth-order valence-corrected chi connectivity index (χ4v) is 2.51. The summed E-state index contributed by atoms with van der Waals surface area (Å²) < 4.78 is 1.65. The highest BCUT2D eigenvalue weighted by Crippen LogP contribution is 2.34. The van der Waals surface area contributed by atoms with Crippen molar-refractivity contribution in [1.82, 2.24) is 20.2 Å². The van der Waals surface area contributed by atoms with Gasteiger partial charge in [-0.2, -0.15) is 0 Å². The van der Waals surface area contributed by atoms with Gasteiger partial charge in [0.2, 0.25) is 5.95 Å². The number of nitrogens with zero attached hydrogens (tertiary/aromatic N) is 4. The van der Waals surface area contributed by atoms with Crippen LogP contribution >= 0.6 is 11.6 Å². The van der Waals surface area contributed by atoms with Crippen LogP contribution in [0.2, 0.25) is 0 Å². The van der Waals surface area contributed by atoms with Gasteiger partial charge in [0.05, 0.1) is 5.54 Å². The standard InChI is InChI=1S/C10H18ClN5/c1-8-3-5-10(7-11,6-4-8)12-9-13-14-15-16(9)2/h8H,3-7H2,1-2H3,(H,12,13,15). The molecule has 6 heteroatoms. The number of halogens is 1. The van der Waals surface area contributed by atoms with E-state index in [0.29, 0.717) is 11.8 Å². The lowest BCUT2D eigenvalue weighted by Crippen LogP contribution is -2.44. The molecule has 0 unspecified atom stereocenters. The SMILES string of the molecule is CC1CCC(CCl)(Nc2nnnn2C)CC1. The summed E-state index contributed by atoms with van der Waals surface area (Å²) in [5.74, 6) is 2.11. The zero-order valence-corrected chi connectivity index (χ0v) is 10.5. The van der Waals surface area contributed by atoms with Gasteiger partial charge in [0.25, 0.3) is 0 Å². The molecule has 0 aliphatic heterocycles. The van der Waals surface area contributed by atoms with Crippen molar-refractivity contribution in [2.75, 3.05) is 11.2 Å². The molecular formula is C10H18ClN5. The first-order chi connectivity index (χ1) is 7.65. The minimum Gasteiger partial charge on any atom is -0.346 e. The normalized spacial score (nSPS) is 30.3. The van der Waals surface area contributed by atoms with Crippen molar-refractivity contribution >= 4 is 17.5 Å². The van der Waals surface area contributed by atoms with Crippen LogP contribution in [-0.4, -0.2) is 31.6 Å². The Balaban J connectivity index is 2.08. The summed E-state index contributed by atoms with van der Waals surface area (Å²) >= 11 is 6.11. The number of anilines is 1. The second-order valence-electron chi connectivity index (χ2n) is 4.85. The van der Waals surface area contributed by atoms with Crippen molar-refractivity contribution in [2.24, 2.45) is 13.0 Å². The molecule has 0 spiro atoms. The maximum absolute atomic E-state index is 6.11. The fourth-order valence-electron chi connectivity index (χ4n) is 2.18. The molecule has 1 aromatic rings. The molecule has 16 heavy (non-hydrogen) atoms. The molecule has 0 saturated heterocycles. The number of hydrogen-bond donors (Lipinski definition) is 1. The minimum absolute atomic E-state index is 0.0312. The van der Waals surface area contributed by atoms with Crippen molar-refractivity contribution < 1.29 is 0 Å². The Morgan fingerprint density at radius 2 is 2.19 bits per heavy atom. The van der Waals surface area contributed by atoms with Gasteiger partial charge in [0, 0.05) is 12.9 Å². The molecule has 0 atom stereocenters. The van der Waals surface area contributed by atoms with Gasteiger partial charge in [-0.15, -0.1) is 11.6 Å². The van der Waals surface area contributed by atoms with E-state index in [0.717, 1.165) is 18.8 Å². The molecule has 0 amide bonds. The van der Waals surface area contributed by atoms with Gasteiger partial charge in [-0.05, 0) is 42.0 Å². The van der Waals surface area contributed by atoms with Crippen LogP contribution in [-0.2, 0) is 7.05 Å². The summed E-state index contributed by atoms with van der Waals surface area (Å²) in [5, 5.41) is 14.8. The van der Waals surface area contributed by atoms with E-state index in [2.05, 4.69) is 27.8 Å². The number of hydrogen-bond acceptors (Lipinski definition) is 4. The minimum atomic E-state index is -0.0312. The van der Waals surface area contributed by atoms with Crippen LogP contribution in [0.4, 0.5) is 5.95 Å². The Morgan fingerprint density at radius 3 is 2.69 bits per heavy atom. The zero-order chi connectivity index (χ0) is 11.6. The average Bonchev–Trinajstić information content (AvgIpc) is 2.68. The predicted molar refractivity (Wildman–Crippen MR) is 63.5 cm³/mol. The highest BCUT2D eigenvalue weighted by Gasteiger charge is 2.34. The summed E-state index contributed by atoms with van der Waals surface area (Å²) in [5.41, 5.74) is -0.0312. The molecule has 0 bridgehead atoms. The number of nitrogens with one attached hydrogen (secondary N) is 1. The smallest absolute Gasteiger partial charge is 0.243 e. The molecule has 1 aliphatic rings. The molecule has 1 aliphatic carbocycles. The first-order valence-electron chi connectivity index (χ1n) is 5.72. The number of alkyl halides is 1. The molecule has 1 heterocycles. The third-order valence-electron chi connectivity index (χ3n) is 3.48. The van der Waals surface area contributed by atoms with E-state index < -0.39 is 0 Å². The summed E-state index contributed by atoms with van der Waals surface area (Å²) in [6, 6.07) is 0. The van der Waals surface area contributed by atoms with E-state index in [1.165, 1.54) is 12.8 Å². The largest absolute Gasteiger partial charge is 0.346 e. The van der Waals surface area contributed by atoms with Gasteiger partial charge in [-0.3, -0.25) is 0 Å². The first kappa shape index (κ1) is 11.6. The summed E-state index contributed by atoms with van der Waals surface area (Å²) in [7, 11) is 1.83. The molecule has 0 radical (unpaired) electrons. The van der Waals surface area contributed by atoms with Crippen molar-refractivity contribution in [3.63, 3.8) is 0 Å². The Bertz CT molecular complexity index is 343. The molecule has 2 rings (SSSR count). The Hall–Kier alpha value is -0.840. The van der Waals surface area contributed by atoms with Gasteiger partial charge >= 0.3 is 0 Å².